The van der Waals surface area contributed by atoms with E-state index < -0.39 is 6.61 Å². The summed E-state index contributed by atoms with van der Waals surface area (Å²) >= 11 is 0. The zero-order valence-corrected chi connectivity index (χ0v) is 11.6. The van der Waals surface area contributed by atoms with Gasteiger partial charge in [-0.1, -0.05) is 18.2 Å². The number of halogens is 2. The number of benzene rings is 1. The van der Waals surface area contributed by atoms with Crippen LogP contribution < -0.4 is 15.8 Å². The van der Waals surface area contributed by atoms with Gasteiger partial charge < -0.3 is 20.9 Å². The molecule has 0 aromatic heterocycles. The summed E-state index contributed by atoms with van der Waals surface area (Å²) in [6.07, 6.45) is 1.46. The van der Waals surface area contributed by atoms with Gasteiger partial charge >= 0.3 is 6.61 Å². The van der Waals surface area contributed by atoms with Gasteiger partial charge in [0.15, 0.2) is 0 Å². The van der Waals surface area contributed by atoms with E-state index in [0.717, 1.165) is 6.42 Å². The minimum atomic E-state index is -2.86. The molecule has 0 bridgehead atoms. The quantitative estimate of drug-likeness (QED) is 0.650. The molecule has 0 saturated heterocycles. The molecule has 0 aliphatic heterocycles. The van der Waals surface area contributed by atoms with Crippen LogP contribution in [0.2, 0.25) is 0 Å². The molecule has 4 nitrogen and oxygen atoms in total. The largest absolute Gasteiger partial charge is 0.434 e. The van der Waals surface area contributed by atoms with Crippen LogP contribution in [0.4, 0.5) is 8.78 Å². The summed E-state index contributed by atoms with van der Waals surface area (Å²) < 4.78 is 29.3. The van der Waals surface area contributed by atoms with Gasteiger partial charge in [-0.25, -0.2) is 0 Å². The summed E-state index contributed by atoms with van der Waals surface area (Å²) in [4.78, 5) is 0. The van der Waals surface area contributed by atoms with Crippen molar-refractivity contribution in [3.05, 3.63) is 29.8 Å². The Hall–Kier alpha value is -1.24. The van der Waals surface area contributed by atoms with E-state index in [2.05, 4.69) is 10.1 Å². The number of hydrogen-bond donors (Lipinski definition) is 3. The van der Waals surface area contributed by atoms with Crippen molar-refractivity contribution in [3.63, 3.8) is 0 Å². The molecule has 0 radical (unpaired) electrons. The molecule has 0 aliphatic rings. The van der Waals surface area contributed by atoms with Crippen molar-refractivity contribution in [2.24, 2.45) is 5.73 Å². The third-order valence-corrected chi connectivity index (χ3v) is 3.03. The number of alkyl halides is 2. The second-order valence-electron chi connectivity index (χ2n) is 4.64. The van der Waals surface area contributed by atoms with E-state index in [0.29, 0.717) is 12.0 Å². The molecular formula is C14H22F2N2O2. The highest BCUT2D eigenvalue weighted by molar-refractivity contribution is 5.36. The number of rotatable bonds is 9. The Balaban J connectivity index is 2.78. The van der Waals surface area contributed by atoms with Crippen molar-refractivity contribution in [2.75, 3.05) is 13.2 Å². The lowest BCUT2D eigenvalue weighted by Gasteiger charge is -2.24. The van der Waals surface area contributed by atoms with Gasteiger partial charge in [0.2, 0.25) is 0 Å². The fourth-order valence-electron chi connectivity index (χ4n) is 2.08. The molecule has 0 amide bonds. The highest BCUT2D eigenvalue weighted by Gasteiger charge is 2.18. The molecule has 1 aromatic rings. The molecule has 1 rings (SSSR count). The third kappa shape index (κ3) is 5.40. The van der Waals surface area contributed by atoms with Crippen molar-refractivity contribution in [1.82, 2.24) is 5.32 Å². The van der Waals surface area contributed by atoms with Gasteiger partial charge in [-0.3, -0.25) is 0 Å². The lowest BCUT2D eigenvalue weighted by Crippen LogP contribution is -2.35. The molecule has 4 N–H and O–H groups in total. The zero-order chi connectivity index (χ0) is 15.0. The van der Waals surface area contributed by atoms with Gasteiger partial charge in [0.25, 0.3) is 0 Å². The molecular weight excluding hydrogens is 266 g/mol. The van der Waals surface area contributed by atoms with Crippen molar-refractivity contribution in [2.45, 2.75) is 38.5 Å². The van der Waals surface area contributed by atoms with Gasteiger partial charge in [0.1, 0.15) is 5.75 Å². The summed E-state index contributed by atoms with van der Waals surface area (Å²) in [5.41, 5.74) is 6.34. The highest BCUT2D eigenvalue weighted by atomic mass is 19.3. The Labute approximate surface area is 117 Å². The molecule has 0 spiro atoms. The van der Waals surface area contributed by atoms with Crippen molar-refractivity contribution in [3.8, 4) is 5.75 Å². The first kappa shape index (κ1) is 16.8. The smallest absolute Gasteiger partial charge is 0.387 e. The van der Waals surface area contributed by atoms with E-state index in [-0.39, 0.29) is 31.0 Å². The predicted octanol–water partition coefficient (Wildman–Crippen LogP) is 2.04. The Morgan fingerprint density at radius 2 is 2.05 bits per heavy atom. The molecule has 0 fully saturated rings. The minimum absolute atomic E-state index is 0.121. The van der Waals surface area contributed by atoms with Crippen LogP contribution in [0, 0.1) is 0 Å². The van der Waals surface area contributed by atoms with Crippen molar-refractivity contribution >= 4 is 0 Å². The molecule has 114 valence electrons. The number of hydrogen-bond acceptors (Lipinski definition) is 4. The normalized spacial score (nSPS) is 14.3. The maximum Gasteiger partial charge on any atom is 0.387 e. The van der Waals surface area contributed by atoms with Gasteiger partial charge in [-0.05, 0) is 25.8 Å². The van der Waals surface area contributed by atoms with Gasteiger partial charge in [0.05, 0.1) is 0 Å². The zero-order valence-electron chi connectivity index (χ0n) is 11.6. The standard InChI is InChI=1S/C14H22F2N2O2/c1-10(5-4-8-19)18-12(9-17)11-6-2-3-7-13(11)20-14(15)16/h2-3,6-7,10,12,14,18-19H,4-5,8-9,17H2,1H3. The Kier molecular flexibility index (Phi) is 7.43. The first-order valence-corrected chi connectivity index (χ1v) is 6.69. The first-order chi connectivity index (χ1) is 9.58. The topological polar surface area (TPSA) is 67.5 Å². The fourth-order valence-corrected chi connectivity index (χ4v) is 2.08. The van der Waals surface area contributed by atoms with Gasteiger partial charge in [-0.15, -0.1) is 0 Å². The van der Waals surface area contributed by atoms with Crippen LogP contribution in [0.5, 0.6) is 5.75 Å². The second-order valence-corrected chi connectivity index (χ2v) is 4.64. The summed E-state index contributed by atoms with van der Waals surface area (Å²) in [5.74, 6) is 0.139. The lowest BCUT2D eigenvalue weighted by molar-refractivity contribution is -0.0507. The van der Waals surface area contributed by atoms with Gasteiger partial charge in [-0.2, -0.15) is 8.78 Å². The monoisotopic (exact) mass is 288 g/mol. The average Bonchev–Trinajstić information content (AvgIpc) is 2.42. The fraction of sp³-hybridized carbons (Fsp3) is 0.571. The molecule has 2 unspecified atom stereocenters. The Morgan fingerprint density at radius 1 is 1.35 bits per heavy atom. The van der Waals surface area contributed by atoms with Crippen molar-refractivity contribution < 1.29 is 18.6 Å². The molecule has 0 saturated carbocycles. The van der Waals surface area contributed by atoms with Crippen LogP contribution in [-0.2, 0) is 0 Å². The van der Waals surface area contributed by atoms with Crippen LogP contribution in [-0.4, -0.2) is 30.9 Å². The minimum Gasteiger partial charge on any atom is -0.434 e. The Morgan fingerprint density at radius 3 is 2.65 bits per heavy atom. The summed E-state index contributed by atoms with van der Waals surface area (Å²) in [6, 6.07) is 6.49. The summed E-state index contributed by atoms with van der Waals surface area (Å²) in [5, 5.41) is 12.1. The van der Waals surface area contributed by atoms with Crippen LogP contribution in [0.15, 0.2) is 24.3 Å². The van der Waals surface area contributed by atoms with E-state index in [4.69, 9.17) is 10.8 Å². The second kappa shape index (κ2) is 8.84. The molecule has 0 heterocycles. The van der Waals surface area contributed by atoms with Crippen LogP contribution in [0.1, 0.15) is 31.4 Å². The number of ether oxygens (including phenoxy) is 1. The number of nitrogens with one attached hydrogen (secondary N) is 1. The molecule has 0 aliphatic carbocycles. The number of aliphatic hydroxyl groups is 1. The third-order valence-electron chi connectivity index (χ3n) is 3.03. The number of nitrogens with two attached hydrogens (primary N) is 1. The molecule has 20 heavy (non-hydrogen) atoms. The number of aliphatic hydroxyl groups excluding tert-OH is 1. The molecule has 1 aromatic carbocycles. The van der Waals surface area contributed by atoms with E-state index in [9.17, 15) is 8.78 Å². The first-order valence-electron chi connectivity index (χ1n) is 6.69. The molecule has 2 atom stereocenters. The number of para-hydroxylation sites is 1. The van der Waals surface area contributed by atoms with E-state index in [1.807, 2.05) is 6.92 Å². The van der Waals surface area contributed by atoms with Crippen molar-refractivity contribution in [1.29, 1.82) is 0 Å². The predicted molar refractivity (Wildman–Crippen MR) is 73.8 cm³/mol. The maximum absolute atomic E-state index is 12.4. The van der Waals surface area contributed by atoms with Gasteiger partial charge in [0, 0.05) is 30.8 Å². The van der Waals surface area contributed by atoms with Crippen LogP contribution in [0.3, 0.4) is 0 Å². The molecule has 6 heteroatoms. The van der Waals surface area contributed by atoms with E-state index in [1.54, 1.807) is 18.2 Å². The SMILES string of the molecule is CC(CCCO)NC(CN)c1ccccc1OC(F)F. The van der Waals surface area contributed by atoms with Crippen LogP contribution in [0.25, 0.3) is 0 Å². The average molecular weight is 288 g/mol. The Bertz CT molecular complexity index is 391. The maximum atomic E-state index is 12.4. The summed E-state index contributed by atoms with van der Waals surface area (Å²) in [7, 11) is 0. The highest BCUT2D eigenvalue weighted by Crippen LogP contribution is 2.26. The lowest BCUT2D eigenvalue weighted by atomic mass is 10.0. The van der Waals surface area contributed by atoms with E-state index in [1.165, 1.54) is 6.07 Å². The van der Waals surface area contributed by atoms with E-state index >= 15 is 0 Å². The summed E-state index contributed by atoms with van der Waals surface area (Å²) in [6.45, 7) is -0.492. The van der Waals surface area contributed by atoms with Crippen LogP contribution >= 0.6 is 0 Å².